The highest BCUT2D eigenvalue weighted by atomic mass is 16.2. The lowest BCUT2D eigenvalue weighted by atomic mass is 10.2. The van der Waals surface area contributed by atoms with E-state index in [0.717, 1.165) is 25.9 Å². The molecule has 0 aromatic rings. The summed E-state index contributed by atoms with van der Waals surface area (Å²) < 4.78 is 0. The van der Waals surface area contributed by atoms with Crippen LogP contribution in [0, 0.1) is 5.92 Å². The van der Waals surface area contributed by atoms with Crippen molar-refractivity contribution >= 4 is 6.03 Å². The minimum absolute atomic E-state index is 0.110. The summed E-state index contributed by atoms with van der Waals surface area (Å²) in [4.78, 5) is 13.5. The van der Waals surface area contributed by atoms with E-state index in [4.69, 9.17) is 0 Å². The summed E-state index contributed by atoms with van der Waals surface area (Å²) in [5.41, 5.74) is 0. The highest BCUT2D eigenvalue weighted by Gasteiger charge is 2.25. The van der Waals surface area contributed by atoms with E-state index < -0.39 is 0 Å². The maximum Gasteiger partial charge on any atom is 0.317 e. The first kappa shape index (κ1) is 10.4. The molecule has 0 radical (unpaired) electrons. The monoisotopic (exact) mass is 184 g/mol. The van der Waals surface area contributed by atoms with Crippen LogP contribution in [0.3, 0.4) is 0 Å². The normalized spacial score (nSPS) is 16.0. The van der Waals surface area contributed by atoms with Gasteiger partial charge in [-0.15, -0.1) is 0 Å². The Hall–Kier alpha value is -0.730. The van der Waals surface area contributed by atoms with E-state index in [0.29, 0.717) is 12.0 Å². The largest absolute Gasteiger partial charge is 0.335 e. The van der Waals surface area contributed by atoms with Crippen molar-refractivity contribution in [3.05, 3.63) is 0 Å². The average molecular weight is 184 g/mol. The van der Waals surface area contributed by atoms with Crippen LogP contribution >= 0.6 is 0 Å². The van der Waals surface area contributed by atoms with Crippen LogP contribution in [0.15, 0.2) is 0 Å². The molecule has 1 aliphatic carbocycles. The number of urea groups is 1. The van der Waals surface area contributed by atoms with Crippen LogP contribution in [0.1, 0.15) is 33.6 Å². The van der Waals surface area contributed by atoms with Crippen molar-refractivity contribution in [2.75, 3.05) is 13.1 Å². The number of rotatable bonds is 4. The van der Waals surface area contributed by atoms with E-state index in [1.807, 2.05) is 11.8 Å². The predicted molar refractivity (Wildman–Crippen MR) is 53.6 cm³/mol. The zero-order valence-electron chi connectivity index (χ0n) is 8.84. The number of amides is 2. The number of hydrogen-bond donors (Lipinski definition) is 1. The van der Waals surface area contributed by atoms with Crippen LogP contribution in [-0.4, -0.2) is 30.1 Å². The number of nitrogens with zero attached hydrogens (tertiary/aromatic N) is 1. The van der Waals surface area contributed by atoms with E-state index in [1.165, 1.54) is 0 Å². The summed E-state index contributed by atoms with van der Waals surface area (Å²) in [7, 11) is 0. The molecule has 76 valence electrons. The van der Waals surface area contributed by atoms with Gasteiger partial charge in [-0.05, 0) is 25.7 Å². The van der Waals surface area contributed by atoms with Crippen LogP contribution in [0.25, 0.3) is 0 Å². The number of carbonyl (C=O) groups is 1. The van der Waals surface area contributed by atoms with E-state index in [2.05, 4.69) is 19.2 Å². The van der Waals surface area contributed by atoms with E-state index >= 15 is 0 Å². The third-order valence-corrected chi connectivity index (χ3v) is 2.16. The molecule has 0 aromatic carbocycles. The molecule has 1 saturated carbocycles. The zero-order chi connectivity index (χ0) is 9.84. The lowest BCUT2D eigenvalue weighted by molar-refractivity contribution is 0.193. The molecule has 3 nitrogen and oxygen atoms in total. The second kappa shape index (κ2) is 4.49. The second-order valence-corrected chi connectivity index (χ2v) is 4.16. The Morgan fingerprint density at radius 3 is 2.54 bits per heavy atom. The van der Waals surface area contributed by atoms with Crippen LogP contribution < -0.4 is 5.32 Å². The van der Waals surface area contributed by atoms with E-state index in [9.17, 15) is 4.79 Å². The third-order valence-electron chi connectivity index (χ3n) is 2.16. The van der Waals surface area contributed by atoms with Crippen molar-refractivity contribution in [2.24, 2.45) is 5.92 Å². The highest BCUT2D eigenvalue weighted by Crippen LogP contribution is 2.18. The zero-order valence-corrected chi connectivity index (χ0v) is 8.84. The fourth-order valence-corrected chi connectivity index (χ4v) is 1.29. The van der Waals surface area contributed by atoms with Crippen molar-refractivity contribution in [3.63, 3.8) is 0 Å². The van der Waals surface area contributed by atoms with Crippen molar-refractivity contribution in [2.45, 2.75) is 39.7 Å². The fourth-order valence-electron chi connectivity index (χ4n) is 1.29. The number of carbonyl (C=O) groups excluding carboxylic acids is 1. The first-order chi connectivity index (χ1) is 6.13. The van der Waals surface area contributed by atoms with Gasteiger partial charge in [0, 0.05) is 19.1 Å². The number of hydrogen-bond acceptors (Lipinski definition) is 1. The van der Waals surface area contributed by atoms with Gasteiger partial charge < -0.3 is 10.2 Å². The Kier molecular flexibility index (Phi) is 3.58. The molecule has 1 rings (SSSR count). The van der Waals surface area contributed by atoms with Gasteiger partial charge in [0.05, 0.1) is 0 Å². The van der Waals surface area contributed by atoms with Crippen molar-refractivity contribution in [1.29, 1.82) is 0 Å². The molecule has 0 saturated heterocycles. The highest BCUT2D eigenvalue weighted by molar-refractivity contribution is 5.74. The van der Waals surface area contributed by atoms with Gasteiger partial charge in [0.15, 0.2) is 0 Å². The van der Waals surface area contributed by atoms with Gasteiger partial charge in [0.25, 0.3) is 0 Å². The van der Waals surface area contributed by atoms with Gasteiger partial charge in [0.1, 0.15) is 0 Å². The van der Waals surface area contributed by atoms with Crippen LogP contribution in [-0.2, 0) is 0 Å². The van der Waals surface area contributed by atoms with Gasteiger partial charge in [-0.25, -0.2) is 4.79 Å². The molecule has 0 aromatic heterocycles. The molecule has 2 amide bonds. The Bertz CT molecular complexity index is 176. The van der Waals surface area contributed by atoms with E-state index in [-0.39, 0.29) is 6.03 Å². The van der Waals surface area contributed by atoms with Crippen LogP contribution in [0.2, 0.25) is 0 Å². The maximum absolute atomic E-state index is 11.6. The molecular weight excluding hydrogens is 164 g/mol. The van der Waals surface area contributed by atoms with E-state index in [1.54, 1.807) is 0 Å². The average Bonchev–Trinajstić information content (AvgIpc) is 2.83. The Morgan fingerprint density at radius 1 is 1.54 bits per heavy atom. The standard InChI is InChI=1S/C10H20N2O/c1-4-12(7-8(2)3)10(13)11-9-5-6-9/h8-9H,4-7H2,1-3H3,(H,11,13). The molecule has 13 heavy (non-hydrogen) atoms. The Labute approximate surface area is 80.5 Å². The molecule has 0 heterocycles. The summed E-state index contributed by atoms with van der Waals surface area (Å²) in [6.07, 6.45) is 2.32. The minimum Gasteiger partial charge on any atom is -0.335 e. The van der Waals surface area contributed by atoms with Crippen LogP contribution in [0.5, 0.6) is 0 Å². The Balaban J connectivity index is 2.30. The fraction of sp³-hybridized carbons (Fsp3) is 0.900. The SMILES string of the molecule is CCN(CC(C)C)C(=O)NC1CC1. The number of nitrogens with one attached hydrogen (secondary N) is 1. The molecule has 3 heteroatoms. The summed E-state index contributed by atoms with van der Waals surface area (Å²) in [5, 5.41) is 3.00. The molecule has 0 aliphatic heterocycles. The molecule has 1 N–H and O–H groups in total. The summed E-state index contributed by atoms with van der Waals surface area (Å²) in [6.45, 7) is 7.95. The molecular formula is C10H20N2O. The van der Waals surface area contributed by atoms with Gasteiger partial charge in [0.2, 0.25) is 0 Å². The lowest BCUT2D eigenvalue weighted by Crippen LogP contribution is -2.42. The molecule has 1 fully saturated rings. The topological polar surface area (TPSA) is 32.3 Å². The first-order valence-corrected chi connectivity index (χ1v) is 5.19. The second-order valence-electron chi connectivity index (χ2n) is 4.16. The van der Waals surface area contributed by atoms with Gasteiger partial charge in [-0.1, -0.05) is 13.8 Å². The van der Waals surface area contributed by atoms with Crippen molar-refractivity contribution in [3.8, 4) is 0 Å². The Morgan fingerprint density at radius 2 is 2.15 bits per heavy atom. The lowest BCUT2D eigenvalue weighted by Gasteiger charge is -2.23. The third kappa shape index (κ3) is 3.66. The van der Waals surface area contributed by atoms with Gasteiger partial charge >= 0.3 is 6.03 Å². The predicted octanol–water partition coefficient (Wildman–Crippen LogP) is 1.84. The molecule has 0 atom stereocenters. The quantitative estimate of drug-likeness (QED) is 0.710. The van der Waals surface area contributed by atoms with Crippen molar-refractivity contribution < 1.29 is 4.79 Å². The summed E-state index contributed by atoms with van der Waals surface area (Å²) in [5.74, 6) is 0.546. The maximum atomic E-state index is 11.6. The first-order valence-electron chi connectivity index (χ1n) is 5.19. The smallest absolute Gasteiger partial charge is 0.317 e. The summed E-state index contributed by atoms with van der Waals surface area (Å²) >= 11 is 0. The van der Waals surface area contributed by atoms with Crippen LogP contribution in [0.4, 0.5) is 4.79 Å². The van der Waals surface area contributed by atoms with Crippen molar-refractivity contribution in [1.82, 2.24) is 10.2 Å². The minimum atomic E-state index is 0.110. The van der Waals surface area contributed by atoms with Gasteiger partial charge in [-0.2, -0.15) is 0 Å². The summed E-state index contributed by atoms with van der Waals surface area (Å²) in [6, 6.07) is 0.576. The molecule has 1 aliphatic rings. The molecule has 0 bridgehead atoms. The molecule has 0 spiro atoms. The van der Waals surface area contributed by atoms with Gasteiger partial charge in [-0.3, -0.25) is 0 Å². The molecule has 0 unspecified atom stereocenters.